The first kappa shape index (κ1) is 22.5. The molecule has 0 spiro atoms. The highest BCUT2D eigenvalue weighted by Gasteiger charge is 2.34. The van der Waals surface area contributed by atoms with Crippen molar-refractivity contribution in [2.45, 2.75) is 63.2 Å². The SMILES string of the molecule is O=C(NCCCCC1CCN(C(=O)C2CCCCC2Cl)CC1)c1cc2ccncc2s1. The third kappa shape index (κ3) is 5.78. The maximum absolute atomic E-state index is 12.8. The molecule has 1 aliphatic heterocycles. The minimum absolute atomic E-state index is 0.00771. The first-order valence-electron chi connectivity index (χ1n) is 11.7. The zero-order chi connectivity index (χ0) is 21.6. The Hall–Kier alpha value is -1.66. The largest absolute Gasteiger partial charge is 0.351 e. The Morgan fingerprint density at radius 2 is 1.97 bits per heavy atom. The number of alkyl halides is 1. The van der Waals surface area contributed by atoms with Gasteiger partial charge in [0, 0.05) is 37.4 Å². The van der Waals surface area contributed by atoms with E-state index < -0.39 is 0 Å². The number of carbonyl (C=O) groups excluding carboxylic acids is 2. The van der Waals surface area contributed by atoms with Crippen LogP contribution < -0.4 is 5.32 Å². The van der Waals surface area contributed by atoms with Gasteiger partial charge in [-0.1, -0.05) is 25.7 Å². The van der Waals surface area contributed by atoms with Crippen molar-refractivity contribution in [3.8, 4) is 0 Å². The number of nitrogens with one attached hydrogen (secondary N) is 1. The highest BCUT2D eigenvalue weighted by atomic mass is 35.5. The molecule has 2 aromatic heterocycles. The summed E-state index contributed by atoms with van der Waals surface area (Å²) in [6, 6.07) is 3.87. The number of carbonyl (C=O) groups is 2. The van der Waals surface area contributed by atoms with Crippen molar-refractivity contribution >= 4 is 44.8 Å². The van der Waals surface area contributed by atoms with Gasteiger partial charge in [0.25, 0.3) is 5.91 Å². The summed E-state index contributed by atoms with van der Waals surface area (Å²) in [6.45, 7) is 2.46. The van der Waals surface area contributed by atoms with E-state index in [-0.39, 0.29) is 23.1 Å². The molecule has 2 atom stereocenters. The predicted octanol–water partition coefficient (Wildman–Crippen LogP) is 5.23. The number of unbranched alkanes of at least 4 members (excludes halogenated alkanes) is 1. The van der Waals surface area contributed by atoms with E-state index >= 15 is 0 Å². The van der Waals surface area contributed by atoms with Gasteiger partial charge in [0.05, 0.1) is 15.5 Å². The number of rotatable bonds is 7. The number of halogens is 1. The first-order chi connectivity index (χ1) is 15.1. The van der Waals surface area contributed by atoms with Gasteiger partial charge in [-0.25, -0.2) is 0 Å². The average Bonchev–Trinajstić information content (AvgIpc) is 3.23. The first-order valence-corrected chi connectivity index (χ1v) is 12.9. The summed E-state index contributed by atoms with van der Waals surface area (Å²) in [5.41, 5.74) is 0. The van der Waals surface area contributed by atoms with Crippen LogP contribution in [0, 0.1) is 11.8 Å². The van der Waals surface area contributed by atoms with E-state index in [1.807, 2.05) is 12.1 Å². The van der Waals surface area contributed by atoms with E-state index in [9.17, 15) is 9.59 Å². The molecule has 2 fully saturated rings. The van der Waals surface area contributed by atoms with Gasteiger partial charge in [-0.05, 0) is 55.5 Å². The van der Waals surface area contributed by atoms with E-state index in [0.717, 1.165) is 79.4 Å². The molecule has 31 heavy (non-hydrogen) atoms. The number of hydrogen-bond donors (Lipinski definition) is 1. The summed E-state index contributed by atoms with van der Waals surface area (Å²) in [7, 11) is 0. The van der Waals surface area contributed by atoms with Gasteiger partial charge in [-0.2, -0.15) is 0 Å². The van der Waals surface area contributed by atoms with Gasteiger partial charge in [0.2, 0.25) is 5.91 Å². The quantitative estimate of drug-likeness (QED) is 0.453. The van der Waals surface area contributed by atoms with Crippen LogP contribution >= 0.6 is 22.9 Å². The number of thiophene rings is 1. The summed E-state index contributed by atoms with van der Waals surface area (Å²) < 4.78 is 1.04. The lowest BCUT2D eigenvalue weighted by Crippen LogP contribution is -2.44. The summed E-state index contributed by atoms with van der Waals surface area (Å²) in [4.78, 5) is 32.1. The van der Waals surface area contributed by atoms with Crippen LogP contribution in [0.25, 0.3) is 10.1 Å². The van der Waals surface area contributed by atoms with E-state index in [4.69, 9.17) is 11.6 Å². The summed E-state index contributed by atoms with van der Waals surface area (Å²) in [6.07, 6.45) is 13.2. The number of amides is 2. The van der Waals surface area contributed by atoms with Gasteiger partial charge in [-0.15, -0.1) is 22.9 Å². The molecule has 168 valence electrons. The molecular weight excluding hydrogens is 430 g/mol. The van der Waals surface area contributed by atoms with Crippen molar-refractivity contribution in [2.75, 3.05) is 19.6 Å². The van der Waals surface area contributed by atoms with Crippen molar-refractivity contribution in [1.82, 2.24) is 15.2 Å². The molecule has 5 nitrogen and oxygen atoms in total. The Morgan fingerprint density at radius 3 is 2.74 bits per heavy atom. The van der Waals surface area contributed by atoms with E-state index in [1.165, 1.54) is 17.8 Å². The zero-order valence-corrected chi connectivity index (χ0v) is 19.6. The Kier molecular flexibility index (Phi) is 7.83. The molecule has 0 bridgehead atoms. The highest BCUT2D eigenvalue weighted by molar-refractivity contribution is 7.20. The molecule has 7 heteroatoms. The molecular formula is C24H32ClN3O2S. The molecule has 1 saturated carbocycles. The molecule has 4 rings (SSSR count). The molecule has 1 N–H and O–H groups in total. The third-order valence-electron chi connectivity index (χ3n) is 6.80. The number of likely N-dealkylation sites (tertiary alicyclic amines) is 1. The van der Waals surface area contributed by atoms with Crippen LogP contribution in [0.15, 0.2) is 24.5 Å². The lowest BCUT2D eigenvalue weighted by atomic mass is 9.86. The average molecular weight is 462 g/mol. The third-order valence-corrected chi connectivity index (χ3v) is 8.40. The molecule has 3 heterocycles. The minimum Gasteiger partial charge on any atom is -0.351 e. The van der Waals surface area contributed by atoms with Crippen molar-refractivity contribution in [3.05, 3.63) is 29.4 Å². The number of piperidine rings is 1. The standard InChI is InChI=1S/C24H32ClN3O2S/c25-20-7-2-1-6-19(20)24(30)28-13-9-17(10-14-28)5-3-4-11-27-23(29)21-15-18-8-12-26-16-22(18)31-21/h8,12,15-17,19-20H,1-7,9-11,13-14H2,(H,27,29). The van der Waals surface area contributed by atoms with Gasteiger partial charge in [0.15, 0.2) is 0 Å². The lowest BCUT2D eigenvalue weighted by molar-refractivity contribution is -0.137. The van der Waals surface area contributed by atoms with Crippen molar-refractivity contribution in [1.29, 1.82) is 0 Å². The van der Waals surface area contributed by atoms with Crippen LogP contribution in [0.3, 0.4) is 0 Å². The number of pyridine rings is 1. The fourth-order valence-electron chi connectivity index (χ4n) is 4.88. The van der Waals surface area contributed by atoms with Crippen LogP contribution in [-0.4, -0.2) is 46.7 Å². The molecule has 2 unspecified atom stereocenters. The van der Waals surface area contributed by atoms with Crippen molar-refractivity contribution < 1.29 is 9.59 Å². The predicted molar refractivity (Wildman–Crippen MR) is 127 cm³/mol. The van der Waals surface area contributed by atoms with Crippen LogP contribution in [0.5, 0.6) is 0 Å². The van der Waals surface area contributed by atoms with E-state index in [2.05, 4.69) is 15.2 Å². The normalized spacial score (nSPS) is 22.5. The second-order valence-corrected chi connectivity index (χ2v) is 10.6. The molecule has 2 aliphatic rings. The van der Waals surface area contributed by atoms with Crippen LogP contribution in [0.2, 0.25) is 0 Å². The summed E-state index contributed by atoms with van der Waals surface area (Å²) in [5.74, 6) is 1.02. The number of nitrogens with zero attached hydrogens (tertiary/aromatic N) is 2. The molecule has 2 amide bonds. The van der Waals surface area contributed by atoms with Crippen molar-refractivity contribution in [2.24, 2.45) is 11.8 Å². The molecule has 1 aliphatic carbocycles. The maximum atomic E-state index is 12.8. The molecule has 1 saturated heterocycles. The monoisotopic (exact) mass is 461 g/mol. The maximum Gasteiger partial charge on any atom is 0.261 e. The second-order valence-electron chi connectivity index (χ2n) is 8.95. The Bertz CT molecular complexity index is 861. The fourth-order valence-corrected chi connectivity index (χ4v) is 6.22. The zero-order valence-electron chi connectivity index (χ0n) is 18.0. The smallest absolute Gasteiger partial charge is 0.261 e. The minimum atomic E-state index is 0.00771. The number of hydrogen-bond acceptors (Lipinski definition) is 4. The van der Waals surface area contributed by atoms with Gasteiger partial charge in [-0.3, -0.25) is 14.6 Å². The number of fused-ring (bicyclic) bond motifs is 1. The van der Waals surface area contributed by atoms with Crippen molar-refractivity contribution in [3.63, 3.8) is 0 Å². The topological polar surface area (TPSA) is 62.3 Å². The van der Waals surface area contributed by atoms with Crippen LogP contribution in [0.1, 0.15) is 67.5 Å². The Morgan fingerprint density at radius 1 is 1.16 bits per heavy atom. The molecule has 0 radical (unpaired) electrons. The second kappa shape index (κ2) is 10.8. The Labute approximate surface area is 193 Å². The van der Waals surface area contributed by atoms with Gasteiger partial charge >= 0.3 is 0 Å². The molecule has 2 aromatic rings. The highest BCUT2D eigenvalue weighted by Crippen LogP contribution is 2.32. The fraction of sp³-hybridized carbons (Fsp3) is 0.625. The van der Waals surface area contributed by atoms with Gasteiger partial charge < -0.3 is 10.2 Å². The number of aromatic nitrogens is 1. The van der Waals surface area contributed by atoms with E-state index in [1.54, 1.807) is 12.4 Å². The van der Waals surface area contributed by atoms with Crippen LogP contribution in [0.4, 0.5) is 0 Å². The van der Waals surface area contributed by atoms with Gasteiger partial charge in [0.1, 0.15) is 0 Å². The summed E-state index contributed by atoms with van der Waals surface area (Å²) in [5, 5.41) is 4.14. The lowest BCUT2D eigenvalue weighted by Gasteiger charge is -2.36. The Balaban J connectivity index is 1.11. The summed E-state index contributed by atoms with van der Waals surface area (Å²) >= 11 is 7.92. The van der Waals surface area contributed by atoms with E-state index in [0.29, 0.717) is 12.5 Å². The van der Waals surface area contributed by atoms with Crippen LogP contribution in [-0.2, 0) is 4.79 Å². The molecule has 0 aromatic carbocycles.